The number of fused-ring (bicyclic) bond motifs is 1. The van der Waals surface area contributed by atoms with Crippen LogP contribution >= 0.6 is 12.6 Å². The molecule has 3 rings (SSSR count). The number of benzene rings is 2. The topological polar surface area (TPSA) is 41.6 Å². The molecule has 3 nitrogen and oxygen atoms in total. The number of amidine groups is 1. The van der Waals surface area contributed by atoms with E-state index in [1.165, 1.54) is 17.5 Å². The lowest BCUT2D eigenvalue weighted by molar-refractivity contribution is 0.210. The lowest BCUT2D eigenvalue weighted by Crippen LogP contribution is -2.36. The molecule has 1 aliphatic rings. The molecule has 2 aromatic carbocycles. The number of nitrogens with two attached hydrogens (primary N) is 1. The third kappa shape index (κ3) is 3.43. The van der Waals surface area contributed by atoms with Gasteiger partial charge in [0.2, 0.25) is 0 Å². The molecule has 0 aromatic heterocycles. The van der Waals surface area contributed by atoms with Crippen LogP contribution in [0.25, 0.3) is 0 Å². The summed E-state index contributed by atoms with van der Waals surface area (Å²) in [5.74, 6) is 0.506. The summed E-state index contributed by atoms with van der Waals surface area (Å²) in [7, 11) is 2.19. The molecule has 0 saturated heterocycles. The van der Waals surface area contributed by atoms with Gasteiger partial charge in [-0.2, -0.15) is 0 Å². The van der Waals surface area contributed by atoms with Crippen LogP contribution in [-0.2, 0) is 13.0 Å². The highest BCUT2D eigenvalue weighted by atomic mass is 32.1. The summed E-state index contributed by atoms with van der Waals surface area (Å²) < 4.78 is 0. The first kappa shape index (κ1) is 16.1. The van der Waals surface area contributed by atoms with E-state index < -0.39 is 0 Å². The van der Waals surface area contributed by atoms with Crippen LogP contribution in [0.1, 0.15) is 30.0 Å². The van der Waals surface area contributed by atoms with Gasteiger partial charge in [0.1, 0.15) is 5.84 Å². The fourth-order valence-electron chi connectivity index (χ4n) is 3.18. The second-order valence-corrected chi connectivity index (χ2v) is 6.63. The first-order valence-electron chi connectivity index (χ1n) is 8.03. The molecular weight excluding hydrogens is 302 g/mol. The Morgan fingerprint density at radius 2 is 2.04 bits per heavy atom. The van der Waals surface area contributed by atoms with Crippen molar-refractivity contribution in [2.45, 2.75) is 37.2 Å². The van der Waals surface area contributed by atoms with Gasteiger partial charge in [-0.3, -0.25) is 4.90 Å². The number of hydrogen-bond acceptors (Lipinski definition) is 3. The van der Waals surface area contributed by atoms with E-state index >= 15 is 0 Å². The number of nitrogens with zero attached hydrogens (tertiary/aromatic N) is 2. The first-order valence-corrected chi connectivity index (χ1v) is 8.47. The Labute approximate surface area is 143 Å². The van der Waals surface area contributed by atoms with E-state index in [9.17, 15) is 0 Å². The molecule has 0 saturated carbocycles. The minimum Gasteiger partial charge on any atom is -0.383 e. The summed E-state index contributed by atoms with van der Waals surface area (Å²) >= 11 is 4.45. The van der Waals surface area contributed by atoms with Crippen LogP contribution in [0.5, 0.6) is 0 Å². The van der Waals surface area contributed by atoms with Crippen LogP contribution in [0.4, 0.5) is 5.69 Å². The van der Waals surface area contributed by atoms with Gasteiger partial charge in [-0.1, -0.05) is 31.2 Å². The zero-order chi connectivity index (χ0) is 16.4. The normalized spacial score (nSPS) is 18.7. The smallest absolute Gasteiger partial charge is 0.132 e. The maximum absolute atomic E-state index is 6.17. The van der Waals surface area contributed by atoms with Gasteiger partial charge in [-0.05, 0) is 49.2 Å². The van der Waals surface area contributed by atoms with E-state index in [1.807, 2.05) is 24.3 Å². The molecule has 1 unspecified atom stereocenters. The van der Waals surface area contributed by atoms with Crippen LogP contribution in [0, 0.1) is 0 Å². The van der Waals surface area contributed by atoms with Crippen molar-refractivity contribution in [2.24, 2.45) is 10.7 Å². The quantitative estimate of drug-likeness (QED) is 0.512. The van der Waals surface area contributed by atoms with Gasteiger partial charge in [-0.15, -0.1) is 12.6 Å². The molecule has 120 valence electrons. The number of rotatable bonds is 3. The molecule has 23 heavy (non-hydrogen) atoms. The van der Waals surface area contributed by atoms with Gasteiger partial charge in [0, 0.05) is 23.0 Å². The van der Waals surface area contributed by atoms with Gasteiger partial charge in [0.25, 0.3) is 0 Å². The maximum atomic E-state index is 6.17. The molecule has 1 heterocycles. The van der Waals surface area contributed by atoms with Crippen molar-refractivity contribution >= 4 is 24.2 Å². The van der Waals surface area contributed by atoms with E-state index in [1.54, 1.807) is 0 Å². The van der Waals surface area contributed by atoms with Crippen LogP contribution in [-0.4, -0.2) is 23.8 Å². The number of hydrogen-bond donors (Lipinski definition) is 2. The predicted molar refractivity (Wildman–Crippen MR) is 99.8 cm³/mol. The summed E-state index contributed by atoms with van der Waals surface area (Å²) in [6, 6.07) is 14.8. The Morgan fingerprint density at radius 1 is 1.26 bits per heavy atom. The predicted octanol–water partition coefficient (Wildman–Crippen LogP) is 3.78. The molecule has 0 bridgehead atoms. The largest absolute Gasteiger partial charge is 0.383 e. The van der Waals surface area contributed by atoms with Crippen molar-refractivity contribution in [3.63, 3.8) is 0 Å². The molecule has 4 heteroatoms. The van der Waals surface area contributed by atoms with E-state index in [2.05, 4.69) is 54.7 Å². The van der Waals surface area contributed by atoms with Gasteiger partial charge in [-0.25, -0.2) is 4.99 Å². The van der Waals surface area contributed by atoms with Crippen molar-refractivity contribution in [3.8, 4) is 0 Å². The molecule has 2 aromatic rings. The Bertz CT molecular complexity index is 739. The standard InChI is InChI=1S/C19H23N3S/c1-3-16-11-13-8-9-15(10-14(13)12-22(16)2)21-19(20)17-6-4-5-7-18(17)23/h4-10,16,23H,3,11-12H2,1-2H3,(H2,20,21). The maximum Gasteiger partial charge on any atom is 0.132 e. The van der Waals surface area contributed by atoms with E-state index in [4.69, 9.17) is 5.73 Å². The van der Waals surface area contributed by atoms with Crippen molar-refractivity contribution < 1.29 is 0 Å². The first-order chi connectivity index (χ1) is 11.1. The molecule has 0 spiro atoms. The van der Waals surface area contributed by atoms with Gasteiger partial charge in [0.15, 0.2) is 0 Å². The monoisotopic (exact) mass is 325 g/mol. The highest BCUT2D eigenvalue weighted by molar-refractivity contribution is 7.80. The van der Waals surface area contributed by atoms with E-state index in [0.29, 0.717) is 11.9 Å². The zero-order valence-corrected chi connectivity index (χ0v) is 14.6. The Morgan fingerprint density at radius 3 is 2.78 bits per heavy atom. The number of thiol groups is 1. The van der Waals surface area contributed by atoms with Crippen LogP contribution in [0.2, 0.25) is 0 Å². The summed E-state index contributed by atoms with van der Waals surface area (Å²) in [4.78, 5) is 7.85. The average Bonchev–Trinajstić information content (AvgIpc) is 2.54. The summed E-state index contributed by atoms with van der Waals surface area (Å²) in [5.41, 5.74) is 10.7. The van der Waals surface area contributed by atoms with Crippen molar-refractivity contribution in [2.75, 3.05) is 7.05 Å². The molecule has 0 amide bonds. The minimum absolute atomic E-state index is 0.506. The summed E-state index contributed by atoms with van der Waals surface area (Å²) in [6.45, 7) is 3.22. The molecule has 0 aliphatic carbocycles. The van der Waals surface area contributed by atoms with Crippen molar-refractivity contribution in [1.29, 1.82) is 0 Å². The van der Waals surface area contributed by atoms with Crippen LogP contribution in [0.15, 0.2) is 52.4 Å². The van der Waals surface area contributed by atoms with E-state index in [0.717, 1.165) is 29.1 Å². The lowest BCUT2D eigenvalue weighted by atomic mass is 9.93. The second kappa shape index (κ2) is 6.77. The van der Waals surface area contributed by atoms with E-state index in [-0.39, 0.29) is 0 Å². The van der Waals surface area contributed by atoms with Crippen molar-refractivity contribution in [1.82, 2.24) is 4.90 Å². The number of aliphatic imine (C=N–C) groups is 1. The van der Waals surface area contributed by atoms with Crippen LogP contribution < -0.4 is 5.73 Å². The minimum atomic E-state index is 0.506. The lowest BCUT2D eigenvalue weighted by Gasteiger charge is -2.33. The van der Waals surface area contributed by atoms with Gasteiger partial charge < -0.3 is 5.73 Å². The third-order valence-electron chi connectivity index (χ3n) is 4.59. The molecule has 0 fully saturated rings. The third-order valence-corrected chi connectivity index (χ3v) is 4.98. The summed E-state index contributed by atoms with van der Waals surface area (Å²) in [5, 5.41) is 0. The molecule has 2 N–H and O–H groups in total. The summed E-state index contributed by atoms with van der Waals surface area (Å²) in [6.07, 6.45) is 2.29. The fourth-order valence-corrected chi connectivity index (χ4v) is 3.46. The second-order valence-electron chi connectivity index (χ2n) is 6.15. The SMILES string of the molecule is CCC1Cc2ccc(N=C(N)c3ccccc3S)cc2CN1C. The Balaban J connectivity index is 1.90. The van der Waals surface area contributed by atoms with Gasteiger partial charge >= 0.3 is 0 Å². The van der Waals surface area contributed by atoms with Crippen molar-refractivity contribution in [3.05, 3.63) is 59.2 Å². The highest BCUT2D eigenvalue weighted by Gasteiger charge is 2.21. The molecule has 0 radical (unpaired) electrons. The average molecular weight is 325 g/mol. The van der Waals surface area contributed by atoms with Gasteiger partial charge in [0.05, 0.1) is 5.69 Å². The number of likely N-dealkylation sites (N-methyl/N-ethyl adjacent to an activating group) is 1. The van der Waals surface area contributed by atoms with Crippen LogP contribution in [0.3, 0.4) is 0 Å². The molecule has 1 atom stereocenters. The highest BCUT2D eigenvalue weighted by Crippen LogP contribution is 2.27. The zero-order valence-electron chi connectivity index (χ0n) is 13.7. The Kier molecular flexibility index (Phi) is 4.74. The molecule has 1 aliphatic heterocycles. The Hall–Kier alpha value is -1.78. The fraction of sp³-hybridized carbons (Fsp3) is 0.316. The molecular formula is C19H23N3S.